The zero-order valence-electron chi connectivity index (χ0n) is 11.7. The third-order valence-electron chi connectivity index (χ3n) is 4.05. The molecule has 0 aromatic rings. The van der Waals surface area contributed by atoms with Crippen LogP contribution in [0.1, 0.15) is 52.4 Å². The van der Waals surface area contributed by atoms with Gasteiger partial charge in [-0.1, -0.05) is 13.8 Å². The van der Waals surface area contributed by atoms with E-state index in [0.29, 0.717) is 12.1 Å². The third-order valence-corrected chi connectivity index (χ3v) is 4.05. The van der Waals surface area contributed by atoms with Crippen molar-refractivity contribution in [2.45, 2.75) is 70.6 Å². The molecule has 3 nitrogen and oxygen atoms in total. The molecule has 2 unspecified atom stereocenters. The van der Waals surface area contributed by atoms with E-state index in [2.05, 4.69) is 18.7 Å². The SMILES string of the molecule is CCC(CC)N(CCOC)C1CCCC(O)C1. The van der Waals surface area contributed by atoms with Crippen molar-refractivity contribution >= 4 is 0 Å². The van der Waals surface area contributed by atoms with Crippen LogP contribution in [-0.4, -0.2) is 48.5 Å². The summed E-state index contributed by atoms with van der Waals surface area (Å²) in [6.07, 6.45) is 6.61. The molecular weight excluding hydrogens is 214 g/mol. The summed E-state index contributed by atoms with van der Waals surface area (Å²) in [6.45, 7) is 6.31. The number of aliphatic hydroxyl groups excluding tert-OH is 1. The molecule has 1 aliphatic carbocycles. The number of ether oxygens (including phenoxy) is 1. The van der Waals surface area contributed by atoms with Crippen LogP contribution in [0.15, 0.2) is 0 Å². The zero-order valence-corrected chi connectivity index (χ0v) is 11.7. The van der Waals surface area contributed by atoms with Gasteiger partial charge in [0.05, 0.1) is 12.7 Å². The fourth-order valence-electron chi connectivity index (χ4n) is 3.06. The lowest BCUT2D eigenvalue weighted by Gasteiger charge is -2.40. The molecule has 0 heterocycles. The normalized spacial score (nSPS) is 25.8. The fraction of sp³-hybridized carbons (Fsp3) is 1.00. The van der Waals surface area contributed by atoms with Crippen molar-refractivity contribution in [2.24, 2.45) is 0 Å². The lowest BCUT2D eigenvalue weighted by atomic mass is 9.90. The summed E-state index contributed by atoms with van der Waals surface area (Å²) >= 11 is 0. The highest BCUT2D eigenvalue weighted by Gasteiger charge is 2.28. The van der Waals surface area contributed by atoms with Crippen LogP contribution in [0.5, 0.6) is 0 Å². The van der Waals surface area contributed by atoms with Gasteiger partial charge in [-0.25, -0.2) is 0 Å². The molecule has 0 radical (unpaired) electrons. The maximum absolute atomic E-state index is 9.82. The fourth-order valence-corrected chi connectivity index (χ4v) is 3.06. The Bertz CT molecular complexity index is 195. The van der Waals surface area contributed by atoms with Gasteiger partial charge in [-0.15, -0.1) is 0 Å². The Labute approximate surface area is 106 Å². The molecular formula is C14H29NO2. The predicted octanol–water partition coefficient (Wildman–Crippen LogP) is 2.43. The van der Waals surface area contributed by atoms with Crippen LogP contribution in [0.25, 0.3) is 0 Å². The first-order chi connectivity index (χ1) is 8.22. The van der Waals surface area contributed by atoms with E-state index >= 15 is 0 Å². The van der Waals surface area contributed by atoms with E-state index < -0.39 is 0 Å². The summed E-state index contributed by atoms with van der Waals surface area (Å²) in [4.78, 5) is 2.58. The molecule has 3 heteroatoms. The first kappa shape index (κ1) is 14.9. The lowest BCUT2D eigenvalue weighted by molar-refractivity contribution is 0.0228. The maximum atomic E-state index is 9.82. The second-order valence-electron chi connectivity index (χ2n) is 5.18. The topological polar surface area (TPSA) is 32.7 Å². The number of hydrogen-bond acceptors (Lipinski definition) is 3. The van der Waals surface area contributed by atoms with Gasteiger partial charge in [0.1, 0.15) is 0 Å². The van der Waals surface area contributed by atoms with E-state index in [1.54, 1.807) is 7.11 Å². The molecule has 0 aliphatic heterocycles. The number of nitrogens with zero attached hydrogens (tertiary/aromatic N) is 1. The maximum Gasteiger partial charge on any atom is 0.0589 e. The van der Waals surface area contributed by atoms with E-state index in [9.17, 15) is 5.11 Å². The third kappa shape index (κ3) is 4.57. The molecule has 1 saturated carbocycles. The van der Waals surface area contributed by atoms with Gasteiger partial charge in [-0.05, 0) is 38.5 Å². The second kappa shape index (κ2) is 8.06. The van der Waals surface area contributed by atoms with E-state index in [-0.39, 0.29) is 6.10 Å². The minimum Gasteiger partial charge on any atom is -0.393 e. The first-order valence-corrected chi connectivity index (χ1v) is 7.15. The van der Waals surface area contributed by atoms with Crippen LogP contribution in [-0.2, 0) is 4.74 Å². The molecule has 2 atom stereocenters. The van der Waals surface area contributed by atoms with Crippen LogP contribution in [0, 0.1) is 0 Å². The number of hydrogen-bond donors (Lipinski definition) is 1. The molecule has 0 bridgehead atoms. The molecule has 0 aromatic heterocycles. The van der Waals surface area contributed by atoms with Crippen molar-refractivity contribution in [1.29, 1.82) is 0 Å². The standard InChI is InChI=1S/C14H29NO2/c1-4-12(5-2)15(9-10-17-3)13-7-6-8-14(16)11-13/h12-14,16H,4-11H2,1-3H3. The lowest BCUT2D eigenvalue weighted by Crippen LogP contribution is -2.47. The summed E-state index contributed by atoms with van der Waals surface area (Å²) in [5, 5.41) is 9.82. The second-order valence-corrected chi connectivity index (χ2v) is 5.18. The van der Waals surface area contributed by atoms with Gasteiger partial charge in [-0.2, -0.15) is 0 Å². The van der Waals surface area contributed by atoms with Gasteiger partial charge >= 0.3 is 0 Å². The molecule has 0 amide bonds. The molecule has 1 N–H and O–H groups in total. The highest BCUT2D eigenvalue weighted by atomic mass is 16.5. The molecule has 17 heavy (non-hydrogen) atoms. The molecule has 102 valence electrons. The molecule has 0 aromatic carbocycles. The number of rotatable bonds is 7. The molecule has 0 spiro atoms. The van der Waals surface area contributed by atoms with Gasteiger partial charge in [0.25, 0.3) is 0 Å². The average molecular weight is 243 g/mol. The Hall–Kier alpha value is -0.120. The van der Waals surface area contributed by atoms with Crippen molar-refractivity contribution in [2.75, 3.05) is 20.3 Å². The predicted molar refractivity (Wildman–Crippen MR) is 71.2 cm³/mol. The van der Waals surface area contributed by atoms with Crippen LogP contribution in [0.2, 0.25) is 0 Å². The zero-order chi connectivity index (χ0) is 12.7. The summed E-state index contributed by atoms with van der Waals surface area (Å²) in [7, 11) is 1.76. The smallest absolute Gasteiger partial charge is 0.0589 e. The Morgan fingerprint density at radius 3 is 2.53 bits per heavy atom. The van der Waals surface area contributed by atoms with Gasteiger partial charge in [0.15, 0.2) is 0 Å². The summed E-state index contributed by atoms with van der Waals surface area (Å²) in [5.41, 5.74) is 0. The molecule has 1 aliphatic rings. The van der Waals surface area contributed by atoms with Gasteiger partial charge in [-0.3, -0.25) is 4.90 Å². The minimum atomic E-state index is -0.0897. The Morgan fingerprint density at radius 2 is 2.00 bits per heavy atom. The van der Waals surface area contributed by atoms with E-state index in [4.69, 9.17) is 4.74 Å². The summed E-state index contributed by atoms with van der Waals surface area (Å²) in [5.74, 6) is 0. The Morgan fingerprint density at radius 1 is 1.29 bits per heavy atom. The molecule has 0 saturated heterocycles. The number of methoxy groups -OCH3 is 1. The van der Waals surface area contributed by atoms with Crippen molar-refractivity contribution < 1.29 is 9.84 Å². The van der Waals surface area contributed by atoms with E-state index in [1.807, 2.05) is 0 Å². The quantitative estimate of drug-likeness (QED) is 0.745. The van der Waals surface area contributed by atoms with Crippen molar-refractivity contribution in [1.82, 2.24) is 4.90 Å². The van der Waals surface area contributed by atoms with Crippen LogP contribution in [0.4, 0.5) is 0 Å². The summed E-state index contributed by atoms with van der Waals surface area (Å²) < 4.78 is 5.22. The van der Waals surface area contributed by atoms with Gasteiger partial charge in [0, 0.05) is 25.7 Å². The molecule has 1 fully saturated rings. The Kier molecular flexibility index (Phi) is 7.09. The highest BCUT2D eigenvalue weighted by molar-refractivity contribution is 4.83. The minimum absolute atomic E-state index is 0.0897. The monoisotopic (exact) mass is 243 g/mol. The Balaban J connectivity index is 2.59. The highest BCUT2D eigenvalue weighted by Crippen LogP contribution is 2.26. The molecule has 1 rings (SSSR count). The van der Waals surface area contributed by atoms with Crippen molar-refractivity contribution in [3.8, 4) is 0 Å². The van der Waals surface area contributed by atoms with Gasteiger partial charge < -0.3 is 9.84 Å². The summed E-state index contributed by atoms with van der Waals surface area (Å²) in [6, 6.07) is 1.19. The van der Waals surface area contributed by atoms with Crippen molar-refractivity contribution in [3.05, 3.63) is 0 Å². The average Bonchev–Trinajstić information content (AvgIpc) is 2.34. The number of aliphatic hydroxyl groups is 1. The van der Waals surface area contributed by atoms with Crippen LogP contribution < -0.4 is 0 Å². The van der Waals surface area contributed by atoms with Gasteiger partial charge in [0.2, 0.25) is 0 Å². The van der Waals surface area contributed by atoms with E-state index in [0.717, 1.165) is 32.4 Å². The van der Waals surface area contributed by atoms with Crippen molar-refractivity contribution in [3.63, 3.8) is 0 Å². The van der Waals surface area contributed by atoms with E-state index in [1.165, 1.54) is 19.3 Å². The van der Waals surface area contributed by atoms with Crippen LogP contribution >= 0.6 is 0 Å². The first-order valence-electron chi connectivity index (χ1n) is 7.15. The van der Waals surface area contributed by atoms with Crippen LogP contribution in [0.3, 0.4) is 0 Å². The largest absolute Gasteiger partial charge is 0.393 e.